The van der Waals surface area contributed by atoms with Gasteiger partial charge in [-0.05, 0) is 37.1 Å². The molecule has 4 aromatic rings. The molecule has 4 heterocycles. The fourth-order valence-corrected chi connectivity index (χ4v) is 7.72. The fourth-order valence-electron chi connectivity index (χ4n) is 5.31. The maximum Gasteiger partial charge on any atom is 0.263 e. The first-order valence-electron chi connectivity index (χ1n) is 14.6. The topological polar surface area (TPSA) is 109 Å². The number of hydrogen-bond donors (Lipinski definition) is 0. The van der Waals surface area contributed by atoms with Gasteiger partial charge in [-0.25, -0.2) is 13.4 Å². The summed E-state index contributed by atoms with van der Waals surface area (Å²) in [6, 6.07) is 13.7. The molecule has 0 bridgehead atoms. The molecule has 0 saturated carbocycles. The van der Waals surface area contributed by atoms with Gasteiger partial charge in [0, 0.05) is 47.3 Å². The minimum atomic E-state index is -3.97. The van der Waals surface area contributed by atoms with E-state index in [9.17, 15) is 8.42 Å². The van der Waals surface area contributed by atoms with Crippen molar-refractivity contribution < 1.29 is 22.6 Å². The molecular formula is C32H34BrN5O5S. The molecule has 1 atom stereocenters. The molecule has 6 rings (SSSR count). The Bertz CT molecular complexity index is 1790. The summed E-state index contributed by atoms with van der Waals surface area (Å²) >= 11 is 3.44. The monoisotopic (exact) mass is 679 g/mol. The first kappa shape index (κ1) is 30.4. The van der Waals surface area contributed by atoms with Gasteiger partial charge >= 0.3 is 0 Å². The van der Waals surface area contributed by atoms with Crippen molar-refractivity contribution in [3.05, 3.63) is 89.3 Å². The third-order valence-corrected chi connectivity index (χ3v) is 10.4. The number of ether oxygens (including phenoxy) is 3. The Morgan fingerprint density at radius 3 is 2.70 bits per heavy atom. The molecule has 1 fully saturated rings. The van der Waals surface area contributed by atoms with E-state index in [2.05, 4.69) is 30.9 Å². The number of morpholine rings is 1. The lowest BCUT2D eigenvalue weighted by molar-refractivity contribution is 0.107. The van der Waals surface area contributed by atoms with E-state index in [0.717, 1.165) is 15.5 Å². The maximum absolute atomic E-state index is 14.1. The zero-order valence-corrected chi connectivity index (χ0v) is 26.8. The first-order chi connectivity index (χ1) is 21.4. The minimum absolute atomic E-state index is 0.324. The van der Waals surface area contributed by atoms with Crippen LogP contribution in [-0.4, -0.2) is 71.8 Å². The quantitative estimate of drug-likeness (QED) is 0.190. The molecule has 2 aliphatic rings. The third kappa shape index (κ3) is 6.30. The Labute approximate surface area is 265 Å². The van der Waals surface area contributed by atoms with E-state index in [1.54, 1.807) is 31.5 Å². The van der Waals surface area contributed by atoms with Crippen molar-refractivity contribution in [2.75, 3.05) is 44.4 Å². The molecule has 0 radical (unpaired) electrons. The van der Waals surface area contributed by atoms with Crippen molar-refractivity contribution in [2.24, 2.45) is 0 Å². The highest BCUT2D eigenvalue weighted by Gasteiger charge is 2.41. The number of aromatic nitrogens is 4. The van der Waals surface area contributed by atoms with Crippen molar-refractivity contribution in [2.45, 2.75) is 31.1 Å². The lowest BCUT2D eigenvalue weighted by Gasteiger charge is -2.29. The standard InChI is InChI=1S/C32H34BrN5O5S/c1-32(11-5-9-26(33)20-32)44(39,40)38-28-22-34-12-10-27(28)30(36-38)25-19-29(31(35-21-25)37-13-17-41-18-14-37)43-16-6-15-42-23-24-7-3-2-4-8-24/h2-5,7-10,12,19-22H,6,11,13-18,23H2,1H3. The van der Waals surface area contributed by atoms with Crippen molar-refractivity contribution >= 4 is 42.7 Å². The van der Waals surface area contributed by atoms with Gasteiger partial charge in [-0.2, -0.15) is 9.19 Å². The summed E-state index contributed by atoms with van der Waals surface area (Å²) in [5.74, 6) is 1.32. The van der Waals surface area contributed by atoms with Crippen LogP contribution in [0.4, 0.5) is 5.82 Å². The Morgan fingerprint density at radius 1 is 1.09 bits per heavy atom. The first-order valence-corrected chi connectivity index (χ1v) is 16.8. The molecule has 230 valence electrons. The molecule has 1 aromatic carbocycles. The predicted octanol–water partition coefficient (Wildman–Crippen LogP) is 5.49. The number of nitrogens with zero attached hydrogens (tertiary/aromatic N) is 5. The molecular weight excluding hydrogens is 646 g/mol. The summed E-state index contributed by atoms with van der Waals surface area (Å²) in [7, 11) is -3.97. The number of allylic oxidation sites excluding steroid dienone is 3. The molecule has 10 nitrogen and oxygen atoms in total. The second-order valence-electron chi connectivity index (χ2n) is 10.9. The molecule has 3 aromatic heterocycles. The summed E-state index contributed by atoms with van der Waals surface area (Å²) in [6.45, 7) is 5.83. The van der Waals surface area contributed by atoms with Gasteiger partial charge in [-0.15, -0.1) is 0 Å². The summed E-state index contributed by atoms with van der Waals surface area (Å²) in [5.41, 5.74) is 2.66. The van der Waals surface area contributed by atoms with Crippen LogP contribution in [-0.2, 0) is 26.1 Å². The smallest absolute Gasteiger partial charge is 0.263 e. The number of rotatable bonds is 11. The average molecular weight is 681 g/mol. The molecule has 0 N–H and O–H groups in total. The predicted molar refractivity (Wildman–Crippen MR) is 173 cm³/mol. The normalized spacial score (nSPS) is 18.9. The van der Waals surface area contributed by atoms with Gasteiger partial charge < -0.3 is 19.1 Å². The summed E-state index contributed by atoms with van der Waals surface area (Å²) < 4.78 is 46.4. The molecule has 12 heteroatoms. The van der Waals surface area contributed by atoms with Crippen LogP contribution < -0.4 is 9.64 Å². The van der Waals surface area contributed by atoms with Crippen LogP contribution in [0.1, 0.15) is 25.3 Å². The fraction of sp³-hybridized carbons (Fsp3) is 0.344. The van der Waals surface area contributed by atoms with Gasteiger partial charge in [-0.3, -0.25) is 4.98 Å². The number of benzene rings is 1. The Balaban J connectivity index is 1.29. The van der Waals surface area contributed by atoms with Crippen LogP contribution in [0.3, 0.4) is 0 Å². The minimum Gasteiger partial charge on any atom is -0.490 e. The van der Waals surface area contributed by atoms with Gasteiger partial charge in [0.15, 0.2) is 11.6 Å². The van der Waals surface area contributed by atoms with Gasteiger partial charge in [-0.1, -0.05) is 58.4 Å². The van der Waals surface area contributed by atoms with Crippen LogP contribution in [0.15, 0.2) is 83.8 Å². The van der Waals surface area contributed by atoms with Crippen molar-refractivity contribution in [1.29, 1.82) is 0 Å². The van der Waals surface area contributed by atoms with Crippen molar-refractivity contribution in [3.8, 4) is 17.0 Å². The van der Waals surface area contributed by atoms with E-state index in [4.69, 9.17) is 19.2 Å². The van der Waals surface area contributed by atoms with Crippen LogP contribution in [0.25, 0.3) is 22.2 Å². The Hall–Kier alpha value is -3.58. The van der Waals surface area contributed by atoms with E-state index in [1.165, 1.54) is 6.20 Å². The van der Waals surface area contributed by atoms with Gasteiger partial charge in [0.05, 0.1) is 39.2 Å². The second-order valence-corrected chi connectivity index (χ2v) is 14.1. The molecule has 0 spiro atoms. The Kier molecular flexibility index (Phi) is 9.13. The van der Waals surface area contributed by atoms with Crippen LogP contribution in [0.2, 0.25) is 0 Å². The van der Waals surface area contributed by atoms with Crippen LogP contribution in [0, 0.1) is 0 Å². The summed E-state index contributed by atoms with van der Waals surface area (Å²) in [4.78, 5) is 11.2. The number of hydrogen-bond acceptors (Lipinski definition) is 9. The second kappa shape index (κ2) is 13.2. The van der Waals surface area contributed by atoms with Gasteiger partial charge in [0.25, 0.3) is 10.0 Å². The number of pyridine rings is 2. The zero-order chi connectivity index (χ0) is 30.6. The lowest BCUT2D eigenvalue weighted by atomic mass is 10.0. The summed E-state index contributed by atoms with van der Waals surface area (Å²) in [6.07, 6.45) is 11.3. The lowest BCUT2D eigenvalue weighted by Crippen LogP contribution is -2.39. The van der Waals surface area contributed by atoms with Crippen molar-refractivity contribution in [3.63, 3.8) is 0 Å². The van der Waals surface area contributed by atoms with E-state index < -0.39 is 14.8 Å². The van der Waals surface area contributed by atoms with Gasteiger partial charge in [0.1, 0.15) is 16.0 Å². The highest BCUT2D eigenvalue weighted by Crippen LogP contribution is 2.38. The number of anilines is 1. The van der Waals surface area contributed by atoms with Crippen LogP contribution in [0.5, 0.6) is 5.75 Å². The molecule has 1 saturated heterocycles. The average Bonchev–Trinajstić information content (AvgIpc) is 3.44. The molecule has 1 aliphatic heterocycles. The maximum atomic E-state index is 14.1. The molecule has 44 heavy (non-hydrogen) atoms. The van der Waals surface area contributed by atoms with E-state index in [0.29, 0.717) is 91.4 Å². The van der Waals surface area contributed by atoms with Gasteiger partial charge in [0.2, 0.25) is 0 Å². The third-order valence-electron chi connectivity index (χ3n) is 7.73. The Morgan fingerprint density at radius 2 is 1.91 bits per heavy atom. The highest BCUT2D eigenvalue weighted by atomic mass is 79.9. The molecule has 0 amide bonds. The van der Waals surface area contributed by atoms with E-state index in [1.807, 2.05) is 48.6 Å². The molecule has 1 aliphatic carbocycles. The zero-order valence-electron chi connectivity index (χ0n) is 24.4. The van der Waals surface area contributed by atoms with E-state index >= 15 is 0 Å². The van der Waals surface area contributed by atoms with E-state index in [-0.39, 0.29) is 0 Å². The molecule has 1 unspecified atom stereocenters. The number of halogens is 1. The highest BCUT2D eigenvalue weighted by molar-refractivity contribution is 9.11. The van der Waals surface area contributed by atoms with Crippen LogP contribution >= 0.6 is 15.9 Å². The summed E-state index contributed by atoms with van der Waals surface area (Å²) in [5, 5.41) is 5.34. The SMILES string of the molecule is CC1(S(=O)(=O)n2nc(-c3cnc(N4CCOCC4)c(OCCCOCc4ccccc4)c3)c3ccncc32)C=C(Br)C=CC1. The van der Waals surface area contributed by atoms with Crippen molar-refractivity contribution in [1.82, 2.24) is 19.2 Å². The number of fused-ring (bicyclic) bond motifs is 1. The largest absolute Gasteiger partial charge is 0.490 e.